The highest BCUT2D eigenvalue weighted by Gasteiger charge is 2.30. The number of hydrogen-bond acceptors (Lipinski definition) is 7. The summed E-state index contributed by atoms with van der Waals surface area (Å²) in [5, 5.41) is 9.73. The van der Waals surface area contributed by atoms with E-state index in [-0.39, 0.29) is 11.9 Å². The Hall–Kier alpha value is -4.68. The van der Waals surface area contributed by atoms with Crippen molar-refractivity contribution in [3.63, 3.8) is 0 Å². The van der Waals surface area contributed by atoms with Gasteiger partial charge in [0.2, 0.25) is 5.88 Å². The molecular weight excluding hydrogens is 552 g/mol. The fourth-order valence-corrected chi connectivity index (χ4v) is 5.50. The Bertz CT molecular complexity index is 1630. The molecule has 0 saturated carbocycles. The zero-order chi connectivity index (χ0) is 31.1. The zero-order valence-electron chi connectivity index (χ0n) is 26.0. The lowest BCUT2D eigenvalue weighted by atomic mass is 9.99. The Morgan fingerprint density at radius 3 is 2.57 bits per heavy atom. The Morgan fingerprint density at radius 2 is 1.86 bits per heavy atom. The van der Waals surface area contributed by atoms with E-state index in [4.69, 9.17) is 9.47 Å². The number of amides is 1. The highest BCUT2D eigenvalue weighted by molar-refractivity contribution is 5.97. The number of benzene rings is 2. The largest absolute Gasteiger partial charge is 0.493 e. The fraction of sp³-hybridized carbons (Fsp3) is 0.371. The van der Waals surface area contributed by atoms with Crippen LogP contribution in [0, 0.1) is 32.1 Å². The van der Waals surface area contributed by atoms with Crippen LogP contribution in [-0.4, -0.2) is 63.4 Å². The van der Waals surface area contributed by atoms with Crippen molar-refractivity contribution in [1.29, 1.82) is 5.26 Å². The van der Waals surface area contributed by atoms with Crippen LogP contribution >= 0.6 is 0 Å². The van der Waals surface area contributed by atoms with Crippen molar-refractivity contribution in [2.75, 3.05) is 32.8 Å². The third-order valence-electron chi connectivity index (χ3n) is 7.92. The molecule has 1 amide bonds. The number of nitriles is 1. The van der Waals surface area contributed by atoms with Gasteiger partial charge in [0.15, 0.2) is 0 Å². The number of imidazole rings is 1. The van der Waals surface area contributed by atoms with E-state index in [0.29, 0.717) is 67.7 Å². The number of carbonyl (C=O) groups excluding carboxylic acids is 1. The number of pyridine rings is 1. The predicted octanol–water partition coefficient (Wildman–Crippen LogP) is 6.31. The van der Waals surface area contributed by atoms with Crippen molar-refractivity contribution < 1.29 is 14.3 Å². The number of nitrogens with zero attached hydrogens (tertiary/aromatic N) is 5. The molecule has 9 heteroatoms. The van der Waals surface area contributed by atoms with Crippen molar-refractivity contribution in [1.82, 2.24) is 24.8 Å². The van der Waals surface area contributed by atoms with Crippen LogP contribution in [0.15, 0.2) is 60.8 Å². The normalized spacial score (nSPS) is 14.2. The van der Waals surface area contributed by atoms with Crippen molar-refractivity contribution in [2.45, 2.75) is 53.0 Å². The maximum absolute atomic E-state index is 13.7. The molecule has 9 nitrogen and oxygen atoms in total. The molecule has 3 heterocycles. The van der Waals surface area contributed by atoms with Crippen LogP contribution in [0.4, 0.5) is 0 Å². The molecule has 1 aliphatic rings. The summed E-state index contributed by atoms with van der Waals surface area (Å²) in [6, 6.07) is 19.3. The van der Waals surface area contributed by atoms with Gasteiger partial charge in [-0.05, 0) is 69.5 Å². The van der Waals surface area contributed by atoms with E-state index in [1.165, 1.54) is 0 Å². The first kappa shape index (κ1) is 30.8. The first-order valence-electron chi connectivity index (χ1n) is 15.3. The molecule has 2 aromatic carbocycles. The van der Waals surface area contributed by atoms with E-state index < -0.39 is 0 Å². The van der Waals surface area contributed by atoms with Crippen molar-refractivity contribution in [2.24, 2.45) is 0 Å². The second kappa shape index (κ2) is 14.2. The summed E-state index contributed by atoms with van der Waals surface area (Å²) < 4.78 is 12.1. The van der Waals surface area contributed by atoms with Crippen LogP contribution in [-0.2, 0) is 6.42 Å². The molecular formula is C35H40N6O3. The molecule has 4 aromatic rings. The number of piperazine rings is 1. The van der Waals surface area contributed by atoms with E-state index in [0.717, 1.165) is 41.2 Å². The summed E-state index contributed by atoms with van der Waals surface area (Å²) in [4.78, 5) is 30.3. The number of rotatable bonds is 11. The molecule has 0 bridgehead atoms. The summed E-state index contributed by atoms with van der Waals surface area (Å²) in [7, 11) is 0. The van der Waals surface area contributed by atoms with Crippen LogP contribution in [0.1, 0.15) is 70.1 Å². The molecule has 0 aliphatic carbocycles. The Kier molecular flexibility index (Phi) is 9.93. The molecule has 1 aliphatic heterocycles. The second-order valence-electron chi connectivity index (χ2n) is 11.3. The number of aromatic nitrogens is 3. The van der Waals surface area contributed by atoms with E-state index in [2.05, 4.69) is 32.8 Å². The molecule has 1 atom stereocenters. The highest BCUT2D eigenvalue weighted by Crippen LogP contribution is 2.31. The number of hydrogen-bond donors (Lipinski definition) is 1. The second-order valence-corrected chi connectivity index (χ2v) is 11.3. The number of carbonyl (C=O) groups is 1. The van der Waals surface area contributed by atoms with Gasteiger partial charge in [0.05, 0.1) is 29.5 Å². The molecule has 2 aromatic heterocycles. The minimum Gasteiger partial charge on any atom is -0.493 e. The molecule has 1 fully saturated rings. The SMILES string of the molecule is CCCCOc1ccc(C)cc1C(=O)N1CCN(C(Cc2ccc(C#N)c(Oc3cccc(C)n3)c2)c2cnc(C)[nH]2)CC1. The van der Waals surface area contributed by atoms with Crippen LogP contribution in [0.3, 0.4) is 0 Å². The summed E-state index contributed by atoms with van der Waals surface area (Å²) in [5.74, 6) is 2.44. The van der Waals surface area contributed by atoms with Gasteiger partial charge in [0.25, 0.3) is 5.91 Å². The number of unbranched alkanes of at least 4 members (excludes halogenated alkanes) is 1. The Balaban J connectivity index is 1.33. The lowest BCUT2D eigenvalue weighted by Gasteiger charge is -2.39. The average Bonchev–Trinajstić information content (AvgIpc) is 3.46. The summed E-state index contributed by atoms with van der Waals surface area (Å²) in [6.45, 7) is 11.2. The van der Waals surface area contributed by atoms with Crippen molar-refractivity contribution in [3.8, 4) is 23.4 Å². The Labute approximate surface area is 259 Å². The predicted molar refractivity (Wildman–Crippen MR) is 169 cm³/mol. The number of aromatic amines is 1. The van der Waals surface area contributed by atoms with Gasteiger partial charge in [0, 0.05) is 44.1 Å². The highest BCUT2D eigenvalue weighted by atomic mass is 16.5. The fourth-order valence-electron chi connectivity index (χ4n) is 5.50. The van der Waals surface area contributed by atoms with Crippen LogP contribution < -0.4 is 9.47 Å². The van der Waals surface area contributed by atoms with Gasteiger partial charge in [0.1, 0.15) is 23.4 Å². The maximum atomic E-state index is 13.7. The number of nitrogens with one attached hydrogen (secondary N) is 1. The molecule has 228 valence electrons. The topological polar surface area (TPSA) is 107 Å². The lowest BCUT2D eigenvalue weighted by molar-refractivity contribution is 0.0559. The monoisotopic (exact) mass is 592 g/mol. The smallest absolute Gasteiger partial charge is 0.257 e. The zero-order valence-corrected chi connectivity index (χ0v) is 26.0. The average molecular weight is 593 g/mol. The van der Waals surface area contributed by atoms with Crippen LogP contribution in [0.2, 0.25) is 0 Å². The van der Waals surface area contributed by atoms with Gasteiger partial charge in [-0.3, -0.25) is 9.69 Å². The Morgan fingerprint density at radius 1 is 1.05 bits per heavy atom. The third-order valence-corrected chi connectivity index (χ3v) is 7.92. The molecule has 1 saturated heterocycles. The van der Waals surface area contributed by atoms with Crippen LogP contribution in [0.25, 0.3) is 0 Å². The van der Waals surface area contributed by atoms with Gasteiger partial charge in [-0.25, -0.2) is 9.97 Å². The summed E-state index contributed by atoms with van der Waals surface area (Å²) in [5.41, 5.74) is 4.99. The van der Waals surface area contributed by atoms with Crippen molar-refractivity contribution in [3.05, 3.63) is 100 Å². The van der Waals surface area contributed by atoms with Gasteiger partial charge < -0.3 is 19.4 Å². The van der Waals surface area contributed by atoms with E-state index in [9.17, 15) is 10.1 Å². The van der Waals surface area contributed by atoms with Gasteiger partial charge in [-0.15, -0.1) is 0 Å². The first-order valence-corrected chi connectivity index (χ1v) is 15.3. The van der Waals surface area contributed by atoms with Gasteiger partial charge >= 0.3 is 0 Å². The molecule has 0 radical (unpaired) electrons. The molecule has 5 rings (SSSR count). The maximum Gasteiger partial charge on any atom is 0.257 e. The number of aryl methyl sites for hydroxylation is 3. The van der Waals surface area contributed by atoms with E-state index >= 15 is 0 Å². The summed E-state index contributed by atoms with van der Waals surface area (Å²) in [6.07, 6.45) is 4.55. The number of H-pyrrole nitrogens is 1. The van der Waals surface area contributed by atoms with Crippen LogP contribution in [0.5, 0.6) is 17.4 Å². The minimum absolute atomic E-state index is 0.00163. The summed E-state index contributed by atoms with van der Waals surface area (Å²) >= 11 is 0. The molecule has 1 unspecified atom stereocenters. The van der Waals surface area contributed by atoms with Crippen molar-refractivity contribution >= 4 is 5.91 Å². The standard InChI is InChI=1S/C35H40N6O3/c1-5-6-18-43-32-13-10-24(2)19-29(32)35(42)41-16-14-40(15-17-41)31(30-23-37-26(4)39-30)20-27-11-12-28(22-36)33(21-27)44-34-9-7-8-25(3)38-34/h7-13,19,21,23,31H,5-6,14-18,20H2,1-4H3,(H,37,39). The van der Waals surface area contributed by atoms with E-state index in [1.807, 2.05) is 74.3 Å². The van der Waals surface area contributed by atoms with Gasteiger partial charge in [-0.1, -0.05) is 37.1 Å². The minimum atomic E-state index is -0.00163. The number of ether oxygens (including phenoxy) is 2. The quantitative estimate of drug-likeness (QED) is 0.203. The lowest BCUT2D eigenvalue weighted by Crippen LogP contribution is -2.50. The van der Waals surface area contributed by atoms with Gasteiger partial charge in [-0.2, -0.15) is 5.26 Å². The third kappa shape index (κ3) is 7.44. The van der Waals surface area contributed by atoms with E-state index in [1.54, 1.807) is 12.1 Å². The molecule has 44 heavy (non-hydrogen) atoms. The first-order chi connectivity index (χ1) is 21.3. The molecule has 1 N–H and O–H groups in total. The molecule has 0 spiro atoms.